The molecule has 0 aliphatic heterocycles. The highest BCUT2D eigenvalue weighted by atomic mass is 16.1. The molecule has 0 radical (unpaired) electrons. The molecule has 92 valence electrons. The van der Waals surface area contributed by atoms with Crippen molar-refractivity contribution >= 4 is 5.78 Å². The molecule has 2 fully saturated rings. The maximum atomic E-state index is 12.4. The normalized spacial score (nSPS) is 44.6. The van der Waals surface area contributed by atoms with Crippen molar-refractivity contribution in [2.45, 2.75) is 53.4 Å². The number of rotatable bonds is 1. The molecule has 0 spiro atoms. The van der Waals surface area contributed by atoms with Crippen LogP contribution in [0.15, 0.2) is 0 Å². The van der Waals surface area contributed by atoms with Crippen LogP contribution in [0.1, 0.15) is 53.4 Å². The van der Waals surface area contributed by atoms with Gasteiger partial charge in [-0.05, 0) is 42.9 Å². The SMILES string of the molecule is CC(C)[C@@H]1CC[C@@H](C)[C@@H]2CC[C@@H](C)C(=O)[C@@H]21. The third-order valence-corrected chi connectivity index (χ3v) is 5.21. The van der Waals surface area contributed by atoms with Gasteiger partial charge in [0.1, 0.15) is 5.78 Å². The molecule has 2 rings (SSSR count). The molecule has 2 aliphatic carbocycles. The number of hydrogen-bond acceptors (Lipinski definition) is 1. The summed E-state index contributed by atoms with van der Waals surface area (Å²) in [5.74, 6) is 4.12. The molecule has 2 aliphatic rings. The van der Waals surface area contributed by atoms with E-state index in [-0.39, 0.29) is 0 Å². The van der Waals surface area contributed by atoms with E-state index in [9.17, 15) is 4.79 Å². The lowest BCUT2D eigenvalue weighted by Gasteiger charge is -2.47. The summed E-state index contributed by atoms with van der Waals surface area (Å²) in [6, 6.07) is 0. The molecule has 5 atom stereocenters. The molecule has 16 heavy (non-hydrogen) atoms. The molecule has 0 aromatic carbocycles. The van der Waals surface area contributed by atoms with E-state index in [0.29, 0.717) is 35.4 Å². The van der Waals surface area contributed by atoms with E-state index < -0.39 is 0 Å². The molecular formula is C15H26O. The second-order valence-corrected chi connectivity index (χ2v) is 6.53. The van der Waals surface area contributed by atoms with Crippen LogP contribution in [-0.2, 0) is 4.79 Å². The molecule has 0 N–H and O–H groups in total. The number of carbonyl (C=O) groups excluding carboxylic acids is 1. The van der Waals surface area contributed by atoms with Gasteiger partial charge in [-0.2, -0.15) is 0 Å². The van der Waals surface area contributed by atoms with Crippen molar-refractivity contribution in [2.75, 3.05) is 0 Å². The molecule has 0 amide bonds. The lowest BCUT2D eigenvalue weighted by Crippen LogP contribution is -2.45. The van der Waals surface area contributed by atoms with Gasteiger partial charge in [0.25, 0.3) is 0 Å². The highest BCUT2D eigenvalue weighted by Gasteiger charge is 2.46. The molecular weight excluding hydrogens is 196 g/mol. The fourth-order valence-electron chi connectivity index (χ4n) is 4.07. The largest absolute Gasteiger partial charge is 0.299 e. The second kappa shape index (κ2) is 4.50. The Hall–Kier alpha value is -0.330. The Bertz CT molecular complexity index is 265. The predicted molar refractivity (Wildman–Crippen MR) is 67.1 cm³/mol. The monoisotopic (exact) mass is 222 g/mol. The summed E-state index contributed by atoms with van der Waals surface area (Å²) in [4.78, 5) is 12.4. The molecule has 1 nitrogen and oxygen atoms in total. The van der Waals surface area contributed by atoms with Gasteiger partial charge in [-0.25, -0.2) is 0 Å². The number of carbonyl (C=O) groups is 1. The average molecular weight is 222 g/mol. The number of fused-ring (bicyclic) bond motifs is 1. The lowest BCUT2D eigenvalue weighted by molar-refractivity contribution is -0.138. The first-order valence-corrected chi connectivity index (χ1v) is 7.06. The zero-order valence-electron chi connectivity index (χ0n) is 11.2. The van der Waals surface area contributed by atoms with Crippen molar-refractivity contribution in [1.29, 1.82) is 0 Å². The van der Waals surface area contributed by atoms with Crippen LogP contribution in [0, 0.1) is 35.5 Å². The maximum absolute atomic E-state index is 12.4. The van der Waals surface area contributed by atoms with Gasteiger partial charge in [0.2, 0.25) is 0 Å². The van der Waals surface area contributed by atoms with Crippen molar-refractivity contribution in [3.05, 3.63) is 0 Å². The fourth-order valence-corrected chi connectivity index (χ4v) is 4.07. The molecule has 0 aromatic heterocycles. The fraction of sp³-hybridized carbons (Fsp3) is 0.933. The quantitative estimate of drug-likeness (QED) is 0.657. The van der Waals surface area contributed by atoms with Crippen LogP contribution in [0.4, 0.5) is 0 Å². The van der Waals surface area contributed by atoms with Crippen LogP contribution >= 0.6 is 0 Å². The molecule has 0 unspecified atom stereocenters. The maximum Gasteiger partial charge on any atom is 0.139 e. The Morgan fingerprint density at radius 1 is 1.06 bits per heavy atom. The molecule has 2 saturated carbocycles. The topological polar surface area (TPSA) is 17.1 Å². The van der Waals surface area contributed by atoms with Crippen molar-refractivity contribution < 1.29 is 4.79 Å². The number of hydrogen-bond donors (Lipinski definition) is 0. The van der Waals surface area contributed by atoms with E-state index >= 15 is 0 Å². The van der Waals surface area contributed by atoms with Gasteiger partial charge in [-0.15, -0.1) is 0 Å². The smallest absolute Gasteiger partial charge is 0.139 e. The third-order valence-electron chi connectivity index (χ3n) is 5.21. The third kappa shape index (κ3) is 1.94. The summed E-state index contributed by atoms with van der Waals surface area (Å²) >= 11 is 0. The van der Waals surface area contributed by atoms with Crippen LogP contribution < -0.4 is 0 Å². The van der Waals surface area contributed by atoms with E-state index in [1.807, 2.05) is 0 Å². The minimum Gasteiger partial charge on any atom is -0.299 e. The van der Waals surface area contributed by atoms with Crippen molar-refractivity contribution in [3.8, 4) is 0 Å². The summed E-state index contributed by atoms with van der Waals surface area (Å²) in [5.41, 5.74) is 0. The Kier molecular flexibility index (Phi) is 3.42. The van der Waals surface area contributed by atoms with Gasteiger partial charge in [-0.3, -0.25) is 4.79 Å². The predicted octanol–water partition coefficient (Wildman–Crippen LogP) is 3.92. The van der Waals surface area contributed by atoms with Crippen LogP contribution in [0.2, 0.25) is 0 Å². The number of ketones is 1. The van der Waals surface area contributed by atoms with E-state index in [2.05, 4.69) is 27.7 Å². The highest BCUT2D eigenvalue weighted by molar-refractivity contribution is 5.84. The van der Waals surface area contributed by atoms with Crippen LogP contribution in [0.25, 0.3) is 0 Å². The minimum absolute atomic E-state index is 0.327. The minimum atomic E-state index is 0.327. The Morgan fingerprint density at radius 3 is 2.38 bits per heavy atom. The summed E-state index contributed by atoms with van der Waals surface area (Å²) in [6.45, 7) is 9.08. The van der Waals surface area contributed by atoms with Crippen LogP contribution in [0.5, 0.6) is 0 Å². The summed E-state index contributed by atoms with van der Waals surface area (Å²) < 4.78 is 0. The highest BCUT2D eigenvalue weighted by Crippen LogP contribution is 2.48. The zero-order chi connectivity index (χ0) is 11.9. The van der Waals surface area contributed by atoms with E-state index in [1.165, 1.54) is 19.3 Å². The van der Waals surface area contributed by atoms with Crippen LogP contribution in [-0.4, -0.2) is 5.78 Å². The van der Waals surface area contributed by atoms with Gasteiger partial charge < -0.3 is 0 Å². The van der Waals surface area contributed by atoms with Gasteiger partial charge in [0, 0.05) is 11.8 Å². The van der Waals surface area contributed by atoms with E-state index in [1.54, 1.807) is 0 Å². The lowest BCUT2D eigenvalue weighted by atomic mass is 9.57. The first kappa shape index (κ1) is 12.1. The molecule has 0 aromatic rings. The van der Waals surface area contributed by atoms with Crippen molar-refractivity contribution in [1.82, 2.24) is 0 Å². The van der Waals surface area contributed by atoms with Gasteiger partial charge in [0.05, 0.1) is 0 Å². The summed E-state index contributed by atoms with van der Waals surface area (Å²) in [5, 5.41) is 0. The van der Waals surface area contributed by atoms with Crippen molar-refractivity contribution in [3.63, 3.8) is 0 Å². The van der Waals surface area contributed by atoms with Crippen LogP contribution in [0.3, 0.4) is 0 Å². The van der Waals surface area contributed by atoms with E-state index in [0.717, 1.165) is 12.3 Å². The Morgan fingerprint density at radius 2 is 1.75 bits per heavy atom. The van der Waals surface area contributed by atoms with Gasteiger partial charge >= 0.3 is 0 Å². The van der Waals surface area contributed by atoms with Crippen molar-refractivity contribution in [2.24, 2.45) is 35.5 Å². The standard InChI is InChI=1S/C15H26O/c1-9(2)12-7-5-10(3)13-8-6-11(4)15(16)14(12)13/h9-14H,5-8H2,1-4H3/t10-,11-,12+,13+,14-/m1/s1. The molecule has 1 heteroatoms. The molecule has 0 saturated heterocycles. The number of Topliss-reactive ketones (excluding diaryl/α,β-unsaturated/α-hetero) is 1. The van der Waals surface area contributed by atoms with E-state index in [4.69, 9.17) is 0 Å². The second-order valence-electron chi connectivity index (χ2n) is 6.53. The Balaban J connectivity index is 2.23. The van der Waals surface area contributed by atoms with Gasteiger partial charge in [0.15, 0.2) is 0 Å². The molecule has 0 bridgehead atoms. The van der Waals surface area contributed by atoms with Gasteiger partial charge in [-0.1, -0.05) is 34.1 Å². The average Bonchev–Trinajstić information content (AvgIpc) is 2.23. The molecule has 0 heterocycles. The Labute approximate surface area is 100.0 Å². The summed E-state index contributed by atoms with van der Waals surface area (Å²) in [6.07, 6.45) is 5.04. The first-order valence-electron chi connectivity index (χ1n) is 7.06. The summed E-state index contributed by atoms with van der Waals surface area (Å²) in [7, 11) is 0. The first-order chi connectivity index (χ1) is 7.52. The zero-order valence-corrected chi connectivity index (χ0v) is 11.2.